The fourth-order valence-electron chi connectivity index (χ4n) is 2.92. The predicted octanol–water partition coefficient (Wildman–Crippen LogP) is 4.92. The Balaban J connectivity index is 2.45. The van der Waals surface area contributed by atoms with Gasteiger partial charge in [-0.3, -0.25) is 0 Å². The van der Waals surface area contributed by atoms with E-state index in [0.717, 1.165) is 12.5 Å². The normalized spacial score (nSPS) is 25.5. The molecular weight excluding hydrogens is 246 g/mol. The van der Waals surface area contributed by atoms with Crippen LogP contribution in [0.5, 0.6) is 0 Å². The summed E-state index contributed by atoms with van der Waals surface area (Å²) in [6, 6.07) is 2.00. The molecule has 0 aromatic heterocycles. The molecule has 2 unspecified atom stereocenters. The molecule has 0 amide bonds. The van der Waals surface area contributed by atoms with Crippen molar-refractivity contribution >= 4 is 18.6 Å². The minimum atomic E-state index is -1.67. The third-order valence-corrected chi connectivity index (χ3v) is 8.26. The van der Waals surface area contributed by atoms with Gasteiger partial charge in [0.25, 0.3) is 0 Å². The molecule has 0 aromatic carbocycles. The Morgan fingerprint density at radius 1 is 1.41 bits per heavy atom. The van der Waals surface area contributed by atoms with Crippen molar-refractivity contribution in [3.8, 4) is 0 Å². The summed E-state index contributed by atoms with van der Waals surface area (Å²) < 4.78 is 2.69. The number of hydrogen-bond donors (Lipinski definition) is 0. The second-order valence-corrected chi connectivity index (χ2v) is 11.2. The van der Waals surface area contributed by atoms with E-state index in [2.05, 4.69) is 24.6 Å². The smallest absolute Gasteiger partial charge is 0.226 e. The summed E-state index contributed by atoms with van der Waals surface area (Å²) in [5, 5.41) is 0. The fourth-order valence-corrected chi connectivity index (χ4v) is 6.87. The van der Waals surface area contributed by atoms with Crippen molar-refractivity contribution in [3.05, 3.63) is 12.7 Å². The van der Waals surface area contributed by atoms with Gasteiger partial charge < -0.3 is 4.57 Å². The van der Waals surface area contributed by atoms with Gasteiger partial charge in [-0.2, -0.15) is 0 Å². The van der Waals surface area contributed by atoms with Gasteiger partial charge in [0.05, 0.1) is 0 Å². The summed E-state index contributed by atoms with van der Waals surface area (Å²) >= 11 is 6.91. The summed E-state index contributed by atoms with van der Waals surface area (Å²) in [6.07, 6.45) is 11.0. The number of rotatable bonds is 7. The molecule has 0 spiro atoms. The minimum absolute atomic E-state index is 0.761. The first-order valence-electron chi connectivity index (χ1n) is 7.18. The largest absolute Gasteiger partial charge is 0.309 e. The van der Waals surface area contributed by atoms with Crippen molar-refractivity contribution in [2.45, 2.75) is 70.5 Å². The van der Waals surface area contributed by atoms with Crippen LogP contribution in [0, 0.1) is 0 Å². The van der Waals surface area contributed by atoms with Gasteiger partial charge in [0.2, 0.25) is 7.55 Å². The lowest BCUT2D eigenvalue weighted by Crippen LogP contribution is -2.54. The summed E-state index contributed by atoms with van der Waals surface area (Å²) in [5.74, 6) is 0. The molecule has 1 aliphatic heterocycles. The van der Waals surface area contributed by atoms with E-state index < -0.39 is 7.55 Å². The Bertz CT molecular complexity index is 230. The zero-order chi connectivity index (χ0) is 12.7. The van der Waals surface area contributed by atoms with Gasteiger partial charge in [-0.05, 0) is 44.8 Å². The lowest BCUT2D eigenvalue weighted by molar-refractivity contribution is 0.241. The maximum Gasteiger partial charge on any atom is 0.226 e. The quantitative estimate of drug-likeness (QED) is 0.275. The zero-order valence-corrected chi connectivity index (χ0v) is 13.3. The molecule has 1 saturated heterocycles. The second kappa shape index (κ2) is 7.60. The van der Waals surface area contributed by atoms with Crippen LogP contribution in [0.15, 0.2) is 12.7 Å². The Morgan fingerprint density at radius 2 is 2.18 bits per heavy atom. The van der Waals surface area contributed by atoms with Gasteiger partial charge in [-0.25, -0.2) is 0 Å². The topological polar surface area (TPSA) is 3.24 Å². The van der Waals surface area contributed by atoms with Crippen molar-refractivity contribution in [3.63, 3.8) is 0 Å². The second-order valence-electron chi connectivity index (χ2n) is 5.43. The average molecular weight is 274 g/mol. The number of piperidine rings is 1. The standard InChI is InChI=1S/C14H28ClNSi/c1-4-6-7-10-13-17(3,15)16-12-9-8-11-14(16)5-2/h4,14H,1,5-13H2,2-3H3. The first-order chi connectivity index (χ1) is 8.11. The highest BCUT2D eigenvalue weighted by molar-refractivity contribution is 7.18. The van der Waals surface area contributed by atoms with Crippen LogP contribution in [0.3, 0.4) is 0 Å². The third-order valence-electron chi connectivity index (χ3n) is 3.99. The highest BCUT2D eigenvalue weighted by atomic mass is 35.6. The van der Waals surface area contributed by atoms with E-state index in [1.165, 1.54) is 51.1 Å². The number of unbranched alkanes of at least 4 members (excludes halogenated alkanes) is 2. The lowest BCUT2D eigenvalue weighted by Gasteiger charge is -2.43. The molecule has 0 aromatic rings. The zero-order valence-electron chi connectivity index (χ0n) is 11.6. The van der Waals surface area contributed by atoms with E-state index in [0.29, 0.717) is 0 Å². The van der Waals surface area contributed by atoms with Crippen molar-refractivity contribution in [1.82, 2.24) is 4.57 Å². The molecule has 100 valence electrons. The number of hydrogen-bond acceptors (Lipinski definition) is 1. The Morgan fingerprint density at radius 3 is 2.82 bits per heavy atom. The molecule has 1 heterocycles. The maximum atomic E-state index is 6.91. The third kappa shape index (κ3) is 4.76. The summed E-state index contributed by atoms with van der Waals surface area (Å²) in [4.78, 5) is 0. The molecule has 0 N–H and O–H groups in total. The van der Waals surface area contributed by atoms with Crippen molar-refractivity contribution in [2.24, 2.45) is 0 Å². The van der Waals surface area contributed by atoms with Crippen LogP contribution >= 0.6 is 11.1 Å². The van der Waals surface area contributed by atoms with Crippen molar-refractivity contribution in [2.75, 3.05) is 6.54 Å². The average Bonchev–Trinajstić information content (AvgIpc) is 2.34. The van der Waals surface area contributed by atoms with E-state index in [9.17, 15) is 0 Å². The molecule has 0 bridgehead atoms. The molecule has 0 aliphatic carbocycles. The molecule has 1 nitrogen and oxygen atoms in total. The summed E-state index contributed by atoms with van der Waals surface area (Å²) in [5.41, 5.74) is 0. The van der Waals surface area contributed by atoms with Crippen LogP contribution in [-0.2, 0) is 0 Å². The van der Waals surface area contributed by atoms with Gasteiger partial charge in [0, 0.05) is 6.04 Å². The fraction of sp³-hybridized carbons (Fsp3) is 0.857. The minimum Gasteiger partial charge on any atom is -0.309 e. The van der Waals surface area contributed by atoms with E-state index in [4.69, 9.17) is 11.1 Å². The van der Waals surface area contributed by atoms with Crippen LogP contribution in [0.2, 0.25) is 12.6 Å². The van der Waals surface area contributed by atoms with Crippen LogP contribution in [0.1, 0.15) is 51.9 Å². The van der Waals surface area contributed by atoms with Gasteiger partial charge in [-0.1, -0.05) is 32.3 Å². The first kappa shape index (κ1) is 15.3. The molecular formula is C14H28ClNSi. The summed E-state index contributed by atoms with van der Waals surface area (Å²) in [6.45, 7) is 9.67. The van der Waals surface area contributed by atoms with Crippen molar-refractivity contribution < 1.29 is 0 Å². The lowest BCUT2D eigenvalue weighted by atomic mass is 10.0. The monoisotopic (exact) mass is 273 g/mol. The number of allylic oxidation sites excluding steroid dienone is 1. The van der Waals surface area contributed by atoms with Crippen molar-refractivity contribution in [1.29, 1.82) is 0 Å². The molecule has 3 heteroatoms. The van der Waals surface area contributed by atoms with Gasteiger partial charge >= 0.3 is 0 Å². The predicted molar refractivity (Wildman–Crippen MR) is 81.0 cm³/mol. The van der Waals surface area contributed by atoms with Crippen LogP contribution in [0.4, 0.5) is 0 Å². The van der Waals surface area contributed by atoms with E-state index in [1.54, 1.807) is 0 Å². The highest BCUT2D eigenvalue weighted by Crippen LogP contribution is 2.31. The van der Waals surface area contributed by atoms with Gasteiger partial charge in [0.15, 0.2) is 0 Å². The molecule has 2 atom stereocenters. The van der Waals surface area contributed by atoms with Gasteiger partial charge in [0.1, 0.15) is 0 Å². The molecule has 1 rings (SSSR count). The summed E-state index contributed by atoms with van der Waals surface area (Å²) in [7, 11) is -1.67. The molecule has 17 heavy (non-hydrogen) atoms. The highest BCUT2D eigenvalue weighted by Gasteiger charge is 2.37. The van der Waals surface area contributed by atoms with E-state index in [1.807, 2.05) is 6.08 Å². The van der Waals surface area contributed by atoms with E-state index >= 15 is 0 Å². The van der Waals surface area contributed by atoms with Crippen LogP contribution in [0.25, 0.3) is 0 Å². The number of halogens is 1. The molecule has 0 radical (unpaired) electrons. The number of nitrogens with zero attached hydrogens (tertiary/aromatic N) is 1. The first-order valence-corrected chi connectivity index (χ1v) is 10.8. The SMILES string of the molecule is C=CCCCC[Si](C)(Cl)N1CCCCC1CC. The molecule has 0 saturated carbocycles. The molecule has 1 fully saturated rings. The maximum absolute atomic E-state index is 6.91. The Kier molecular flexibility index (Phi) is 6.82. The van der Waals surface area contributed by atoms with Crippen LogP contribution < -0.4 is 0 Å². The van der Waals surface area contributed by atoms with Crippen LogP contribution in [-0.4, -0.2) is 24.7 Å². The Labute approximate surface area is 113 Å². The molecule has 1 aliphatic rings. The van der Waals surface area contributed by atoms with E-state index in [-0.39, 0.29) is 0 Å². The van der Waals surface area contributed by atoms with Gasteiger partial charge in [-0.15, -0.1) is 17.7 Å². The Hall–Kier alpha value is 0.207.